The van der Waals surface area contributed by atoms with E-state index in [1.54, 1.807) is 41.5 Å². The molecule has 0 bridgehead atoms. The van der Waals surface area contributed by atoms with Crippen molar-refractivity contribution in [1.82, 2.24) is 0 Å². The SMILES string of the molecule is CCOC(C)OC(C)OP(OC(C)OC(C)OCC)OC(C)OC(C)OCC. The van der Waals surface area contributed by atoms with Gasteiger partial charge in [-0.25, -0.2) is 0 Å². The summed E-state index contributed by atoms with van der Waals surface area (Å²) in [6.07, 6.45) is -3.14. The Labute approximate surface area is 171 Å². The minimum atomic E-state index is -1.84. The molecule has 6 atom stereocenters. The van der Waals surface area contributed by atoms with Crippen molar-refractivity contribution in [3.05, 3.63) is 0 Å². The molecular formula is C18H39O9P. The first kappa shape index (κ1) is 28.1. The van der Waals surface area contributed by atoms with Crippen LogP contribution in [0.1, 0.15) is 62.3 Å². The normalized spacial score (nSPS) is 19.6. The summed E-state index contributed by atoms with van der Waals surface area (Å²) in [5, 5.41) is 0. The molecule has 0 aliphatic carbocycles. The molecule has 0 saturated carbocycles. The molecule has 28 heavy (non-hydrogen) atoms. The molecule has 170 valence electrons. The van der Waals surface area contributed by atoms with E-state index in [1.165, 1.54) is 0 Å². The second kappa shape index (κ2) is 16.8. The topological polar surface area (TPSA) is 83.1 Å². The minimum absolute atomic E-state index is 0.421. The lowest BCUT2D eigenvalue weighted by molar-refractivity contribution is -0.233. The molecular weight excluding hydrogens is 391 g/mol. The average molecular weight is 430 g/mol. The Morgan fingerprint density at radius 1 is 0.464 bits per heavy atom. The van der Waals surface area contributed by atoms with Gasteiger partial charge in [0.1, 0.15) is 0 Å². The summed E-state index contributed by atoms with van der Waals surface area (Å²) in [4.78, 5) is 0. The smallest absolute Gasteiger partial charge is 0.339 e. The summed E-state index contributed by atoms with van der Waals surface area (Å²) >= 11 is 0. The van der Waals surface area contributed by atoms with Crippen LogP contribution in [0.15, 0.2) is 0 Å². The van der Waals surface area contributed by atoms with Crippen LogP contribution < -0.4 is 0 Å². The fourth-order valence-corrected chi connectivity index (χ4v) is 3.17. The Bertz CT molecular complexity index is 312. The lowest BCUT2D eigenvalue weighted by Crippen LogP contribution is -2.26. The largest absolute Gasteiger partial charge is 0.353 e. The van der Waals surface area contributed by atoms with Crippen LogP contribution in [0.2, 0.25) is 0 Å². The third-order valence-corrected chi connectivity index (χ3v) is 4.46. The van der Waals surface area contributed by atoms with Gasteiger partial charge in [-0.3, -0.25) is 13.6 Å². The number of rotatable bonds is 18. The Balaban J connectivity index is 4.75. The highest BCUT2D eigenvalue weighted by molar-refractivity contribution is 7.41. The maximum atomic E-state index is 5.77. The van der Waals surface area contributed by atoms with Crippen molar-refractivity contribution in [1.29, 1.82) is 0 Å². The predicted octanol–water partition coefficient (Wildman–Crippen LogP) is 4.50. The molecule has 0 radical (unpaired) electrons. The van der Waals surface area contributed by atoms with Gasteiger partial charge in [-0.1, -0.05) is 0 Å². The standard InChI is InChI=1S/C18H39O9P/c1-10-19-13(4)22-16(7)25-28(26-17(8)23-14(5)20-11-2)27-18(9)24-15(6)21-12-3/h13-18H,10-12H2,1-9H3. The first-order valence-corrected chi connectivity index (χ1v) is 10.9. The molecule has 0 fully saturated rings. The minimum Gasteiger partial charge on any atom is -0.353 e. The van der Waals surface area contributed by atoms with Crippen LogP contribution in [0.5, 0.6) is 0 Å². The van der Waals surface area contributed by atoms with Gasteiger partial charge in [-0.15, -0.1) is 0 Å². The van der Waals surface area contributed by atoms with Crippen molar-refractivity contribution in [2.75, 3.05) is 19.8 Å². The fourth-order valence-electron chi connectivity index (χ4n) is 2.14. The molecule has 0 aliphatic heterocycles. The van der Waals surface area contributed by atoms with Crippen LogP contribution >= 0.6 is 8.60 Å². The summed E-state index contributed by atoms with van der Waals surface area (Å²) in [5.74, 6) is 0. The number of hydrogen-bond donors (Lipinski definition) is 0. The summed E-state index contributed by atoms with van der Waals surface area (Å²) in [7, 11) is -1.84. The zero-order valence-electron chi connectivity index (χ0n) is 18.7. The number of hydrogen-bond acceptors (Lipinski definition) is 9. The molecule has 0 spiro atoms. The van der Waals surface area contributed by atoms with Crippen molar-refractivity contribution in [3.8, 4) is 0 Å². The van der Waals surface area contributed by atoms with Gasteiger partial charge in [0.15, 0.2) is 37.7 Å². The Morgan fingerprint density at radius 3 is 0.929 bits per heavy atom. The van der Waals surface area contributed by atoms with Crippen LogP contribution in [0.4, 0.5) is 0 Å². The van der Waals surface area contributed by atoms with Crippen LogP contribution in [-0.4, -0.2) is 57.6 Å². The van der Waals surface area contributed by atoms with E-state index >= 15 is 0 Å². The summed E-state index contributed by atoms with van der Waals surface area (Å²) in [6, 6.07) is 0. The van der Waals surface area contributed by atoms with E-state index < -0.39 is 46.3 Å². The van der Waals surface area contributed by atoms with E-state index in [1.807, 2.05) is 20.8 Å². The molecule has 6 unspecified atom stereocenters. The Hall–Kier alpha value is 0.0700. The van der Waals surface area contributed by atoms with E-state index in [-0.39, 0.29) is 0 Å². The molecule has 0 rings (SSSR count). The summed E-state index contributed by atoms with van der Waals surface area (Å²) in [6.45, 7) is 17.9. The number of ether oxygens (including phenoxy) is 6. The summed E-state index contributed by atoms with van der Waals surface area (Å²) < 4.78 is 50.2. The fraction of sp³-hybridized carbons (Fsp3) is 1.00. The molecule has 10 heteroatoms. The lowest BCUT2D eigenvalue weighted by Gasteiger charge is -2.28. The molecule has 0 saturated heterocycles. The van der Waals surface area contributed by atoms with Gasteiger partial charge in [0, 0.05) is 19.8 Å². The molecule has 0 heterocycles. The quantitative estimate of drug-likeness (QED) is 0.230. The highest BCUT2D eigenvalue weighted by atomic mass is 31.2. The highest BCUT2D eigenvalue weighted by Crippen LogP contribution is 2.44. The van der Waals surface area contributed by atoms with Gasteiger partial charge >= 0.3 is 8.60 Å². The second-order valence-corrected chi connectivity index (χ2v) is 6.80. The van der Waals surface area contributed by atoms with E-state index in [9.17, 15) is 0 Å². The van der Waals surface area contributed by atoms with Crippen molar-refractivity contribution in [2.24, 2.45) is 0 Å². The predicted molar refractivity (Wildman–Crippen MR) is 105 cm³/mol. The third-order valence-electron chi connectivity index (χ3n) is 3.06. The van der Waals surface area contributed by atoms with E-state index in [4.69, 9.17) is 42.0 Å². The first-order chi connectivity index (χ1) is 13.2. The van der Waals surface area contributed by atoms with E-state index in [0.29, 0.717) is 19.8 Å². The zero-order chi connectivity index (χ0) is 21.5. The van der Waals surface area contributed by atoms with Crippen LogP contribution in [0.25, 0.3) is 0 Å². The zero-order valence-corrected chi connectivity index (χ0v) is 19.6. The Kier molecular flexibility index (Phi) is 16.9. The van der Waals surface area contributed by atoms with Gasteiger partial charge in [0.2, 0.25) is 0 Å². The van der Waals surface area contributed by atoms with Crippen LogP contribution in [-0.2, 0) is 42.0 Å². The van der Waals surface area contributed by atoms with Crippen LogP contribution in [0.3, 0.4) is 0 Å². The van der Waals surface area contributed by atoms with Gasteiger partial charge in [0.05, 0.1) is 0 Å². The molecule has 9 nitrogen and oxygen atoms in total. The summed E-state index contributed by atoms with van der Waals surface area (Å²) in [5.41, 5.74) is 0. The second-order valence-electron chi connectivity index (χ2n) is 5.72. The molecule has 0 N–H and O–H groups in total. The molecule has 0 aliphatic rings. The lowest BCUT2D eigenvalue weighted by atomic mass is 10.7. The van der Waals surface area contributed by atoms with Crippen molar-refractivity contribution in [2.45, 2.75) is 100 Å². The van der Waals surface area contributed by atoms with Crippen LogP contribution in [0, 0.1) is 0 Å². The van der Waals surface area contributed by atoms with E-state index in [2.05, 4.69) is 0 Å². The molecule has 0 aromatic carbocycles. The van der Waals surface area contributed by atoms with Crippen molar-refractivity contribution >= 4 is 8.60 Å². The third kappa shape index (κ3) is 15.0. The van der Waals surface area contributed by atoms with Gasteiger partial charge in [-0.2, -0.15) is 0 Å². The van der Waals surface area contributed by atoms with Crippen molar-refractivity contribution in [3.63, 3.8) is 0 Å². The maximum Gasteiger partial charge on any atom is 0.339 e. The van der Waals surface area contributed by atoms with Gasteiger partial charge < -0.3 is 28.4 Å². The highest BCUT2D eigenvalue weighted by Gasteiger charge is 2.26. The average Bonchev–Trinajstić information content (AvgIpc) is 2.54. The molecule has 0 aromatic rings. The van der Waals surface area contributed by atoms with Gasteiger partial charge in [-0.05, 0) is 62.3 Å². The van der Waals surface area contributed by atoms with Gasteiger partial charge in [0.25, 0.3) is 0 Å². The molecule has 0 amide bonds. The molecule has 0 aromatic heterocycles. The maximum absolute atomic E-state index is 5.77. The van der Waals surface area contributed by atoms with E-state index in [0.717, 1.165) is 0 Å². The monoisotopic (exact) mass is 430 g/mol. The Morgan fingerprint density at radius 2 is 0.714 bits per heavy atom. The van der Waals surface area contributed by atoms with Crippen molar-refractivity contribution < 1.29 is 42.0 Å². The first-order valence-electron chi connectivity index (χ1n) is 9.83.